The summed E-state index contributed by atoms with van der Waals surface area (Å²) < 4.78 is 12.9. The molecular weight excluding hydrogens is 321 g/mol. The molecular formula is C19H28FN3O2. The van der Waals surface area contributed by atoms with Gasteiger partial charge in [0.25, 0.3) is 5.91 Å². The minimum absolute atomic E-state index is 0.0251. The zero-order chi connectivity index (χ0) is 18.4. The lowest BCUT2D eigenvalue weighted by Gasteiger charge is -2.39. The average Bonchev–Trinajstić information content (AvgIpc) is 2.64. The Morgan fingerprint density at radius 1 is 1.20 bits per heavy atom. The van der Waals surface area contributed by atoms with Gasteiger partial charge < -0.3 is 16.0 Å². The van der Waals surface area contributed by atoms with E-state index in [0.29, 0.717) is 38.0 Å². The summed E-state index contributed by atoms with van der Waals surface area (Å²) >= 11 is 0. The van der Waals surface area contributed by atoms with Crippen molar-refractivity contribution >= 4 is 11.8 Å². The molecule has 0 atom stereocenters. The third-order valence-electron chi connectivity index (χ3n) is 5.42. The van der Waals surface area contributed by atoms with Crippen LogP contribution in [0.3, 0.4) is 0 Å². The molecule has 5 nitrogen and oxygen atoms in total. The van der Waals surface area contributed by atoms with E-state index in [4.69, 9.17) is 5.73 Å². The number of carbonyl (C=O) groups excluding carboxylic acids is 2. The Hall–Kier alpha value is -1.95. The highest BCUT2D eigenvalue weighted by Gasteiger charge is 2.38. The lowest BCUT2D eigenvalue weighted by Crippen LogP contribution is -2.52. The summed E-state index contributed by atoms with van der Waals surface area (Å²) in [6, 6.07) is 5.52. The summed E-state index contributed by atoms with van der Waals surface area (Å²) in [5, 5.41) is 2.97. The first-order valence-corrected chi connectivity index (χ1v) is 9.01. The zero-order valence-electron chi connectivity index (χ0n) is 15.1. The van der Waals surface area contributed by atoms with Crippen molar-refractivity contribution in [1.82, 2.24) is 10.2 Å². The smallest absolute Gasteiger partial charge is 0.251 e. The monoisotopic (exact) mass is 349 g/mol. The van der Waals surface area contributed by atoms with Gasteiger partial charge in [-0.25, -0.2) is 4.39 Å². The number of amides is 2. The number of nitrogens with one attached hydrogen (secondary N) is 1. The maximum Gasteiger partial charge on any atom is 0.251 e. The van der Waals surface area contributed by atoms with Crippen LogP contribution >= 0.6 is 0 Å². The molecule has 0 bridgehead atoms. The maximum absolute atomic E-state index is 12.9. The van der Waals surface area contributed by atoms with Crippen molar-refractivity contribution in [2.24, 2.45) is 11.1 Å². The quantitative estimate of drug-likeness (QED) is 0.827. The fourth-order valence-corrected chi connectivity index (χ4v) is 3.36. The molecule has 2 amide bonds. The standard InChI is InChI=1S/C19H28FN3O2/c1-3-19(4-2,13-21)18(25)23-11-9-16(10-12-23)22-17(24)14-5-7-15(20)8-6-14/h5-8,16H,3-4,9-13,21H2,1-2H3,(H,22,24). The maximum atomic E-state index is 12.9. The lowest BCUT2D eigenvalue weighted by atomic mass is 9.80. The molecule has 0 unspecified atom stereocenters. The molecule has 0 saturated carbocycles. The highest BCUT2D eigenvalue weighted by Crippen LogP contribution is 2.29. The minimum atomic E-state index is -0.468. The fourth-order valence-electron chi connectivity index (χ4n) is 3.36. The van der Waals surface area contributed by atoms with Crippen molar-refractivity contribution < 1.29 is 14.0 Å². The van der Waals surface area contributed by atoms with E-state index in [1.165, 1.54) is 24.3 Å². The second-order valence-corrected chi connectivity index (χ2v) is 6.74. The van der Waals surface area contributed by atoms with E-state index in [0.717, 1.165) is 12.8 Å². The van der Waals surface area contributed by atoms with Crippen LogP contribution in [-0.4, -0.2) is 42.4 Å². The van der Waals surface area contributed by atoms with E-state index < -0.39 is 5.41 Å². The second kappa shape index (κ2) is 8.43. The number of nitrogens with zero attached hydrogens (tertiary/aromatic N) is 1. The van der Waals surface area contributed by atoms with Crippen molar-refractivity contribution in [2.75, 3.05) is 19.6 Å². The predicted octanol–water partition coefficient (Wildman–Crippen LogP) is 2.31. The van der Waals surface area contributed by atoms with Crippen LogP contribution in [0.4, 0.5) is 4.39 Å². The summed E-state index contributed by atoms with van der Waals surface area (Å²) in [5.74, 6) is -0.440. The number of carbonyl (C=O) groups is 2. The van der Waals surface area contributed by atoms with E-state index in [-0.39, 0.29) is 23.7 Å². The van der Waals surface area contributed by atoms with Crippen LogP contribution in [0, 0.1) is 11.2 Å². The van der Waals surface area contributed by atoms with Gasteiger partial charge in [-0.2, -0.15) is 0 Å². The molecule has 25 heavy (non-hydrogen) atoms. The Morgan fingerprint density at radius 3 is 2.24 bits per heavy atom. The molecule has 2 rings (SSSR count). The Kier molecular flexibility index (Phi) is 6.53. The molecule has 1 aliphatic rings. The van der Waals surface area contributed by atoms with Crippen molar-refractivity contribution in [3.05, 3.63) is 35.6 Å². The first-order valence-electron chi connectivity index (χ1n) is 9.01. The van der Waals surface area contributed by atoms with Crippen LogP contribution in [0.15, 0.2) is 24.3 Å². The highest BCUT2D eigenvalue weighted by atomic mass is 19.1. The number of hydrogen-bond acceptors (Lipinski definition) is 3. The molecule has 3 N–H and O–H groups in total. The van der Waals surface area contributed by atoms with E-state index >= 15 is 0 Å². The molecule has 0 spiro atoms. The third-order valence-corrected chi connectivity index (χ3v) is 5.42. The van der Waals surface area contributed by atoms with Crippen molar-refractivity contribution in [1.29, 1.82) is 0 Å². The molecule has 1 fully saturated rings. The predicted molar refractivity (Wildman–Crippen MR) is 95.5 cm³/mol. The Bertz CT molecular complexity index is 583. The molecule has 1 aromatic carbocycles. The van der Waals surface area contributed by atoms with E-state index in [9.17, 15) is 14.0 Å². The largest absolute Gasteiger partial charge is 0.349 e. The van der Waals surface area contributed by atoms with E-state index in [1.807, 2.05) is 18.7 Å². The minimum Gasteiger partial charge on any atom is -0.349 e. The lowest BCUT2D eigenvalue weighted by molar-refractivity contribution is -0.143. The van der Waals surface area contributed by atoms with Gasteiger partial charge in [-0.1, -0.05) is 13.8 Å². The number of rotatable bonds is 6. The van der Waals surface area contributed by atoms with Gasteiger partial charge in [0.15, 0.2) is 0 Å². The van der Waals surface area contributed by atoms with Crippen LogP contribution in [-0.2, 0) is 4.79 Å². The van der Waals surface area contributed by atoms with Crippen LogP contribution in [0.25, 0.3) is 0 Å². The normalized spacial score (nSPS) is 15.9. The molecule has 0 aliphatic carbocycles. The summed E-state index contributed by atoms with van der Waals surface area (Å²) in [6.45, 7) is 5.61. The summed E-state index contributed by atoms with van der Waals surface area (Å²) in [6.07, 6.45) is 2.90. The zero-order valence-corrected chi connectivity index (χ0v) is 15.1. The van der Waals surface area contributed by atoms with Crippen molar-refractivity contribution in [3.63, 3.8) is 0 Å². The van der Waals surface area contributed by atoms with Crippen molar-refractivity contribution in [2.45, 2.75) is 45.6 Å². The van der Waals surface area contributed by atoms with Crippen LogP contribution < -0.4 is 11.1 Å². The second-order valence-electron chi connectivity index (χ2n) is 6.74. The molecule has 6 heteroatoms. The first kappa shape index (κ1) is 19.4. The van der Waals surface area contributed by atoms with Gasteiger partial charge >= 0.3 is 0 Å². The topological polar surface area (TPSA) is 75.4 Å². The van der Waals surface area contributed by atoms with Crippen molar-refractivity contribution in [3.8, 4) is 0 Å². The van der Waals surface area contributed by atoms with Crippen LogP contribution in [0.1, 0.15) is 49.9 Å². The number of benzene rings is 1. The first-order chi connectivity index (χ1) is 12.0. The van der Waals surface area contributed by atoms with Gasteiger partial charge in [-0.05, 0) is 49.9 Å². The average molecular weight is 349 g/mol. The summed E-state index contributed by atoms with van der Waals surface area (Å²) in [7, 11) is 0. The SMILES string of the molecule is CCC(CC)(CN)C(=O)N1CCC(NC(=O)c2ccc(F)cc2)CC1. The molecule has 1 aliphatic heterocycles. The number of likely N-dealkylation sites (tertiary alicyclic amines) is 1. The molecule has 1 saturated heterocycles. The third kappa shape index (κ3) is 4.37. The van der Waals surface area contributed by atoms with Gasteiger partial charge in [-0.15, -0.1) is 0 Å². The van der Waals surface area contributed by atoms with Crippen LogP contribution in [0.5, 0.6) is 0 Å². The summed E-state index contributed by atoms with van der Waals surface area (Å²) in [4.78, 5) is 26.9. The van der Waals surface area contributed by atoms with Gasteiger partial charge in [-0.3, -0.25) is 9.59 Å². The fraction of sp³-hybridized carbons (Fsp3) is 0.579. The van der Waals surface area contributed by atoms with Gasteiger partial charge in [0.05, 0.1) is 5.41 Å². The Labute approximate surface area is 148 Å². The number of piperidine rings is 1. The molecule has 0 radical (unpaired) electrons. The Morgan fingerprint density at radius 2 is 1.76 bits per heavy atom. The van der Waals surface area contributed by atoms with Gasteiger partial charge in [0.2, 0.25) is 5.91 Å². The number of nitrogens with two attached hydrogens (primary N) is 1. The number of halogens is 1. The van der Waals surface area contributed by atoms with Crippen LogP contribution in [0.2, 0.25) is 0 Å². The number of hydrogen-bond donors (Lipinski definition) is 2. The highest BCUT2D eigenvalue weighted by molar-refractivity contribution is 5.94. The van der Waals surface area contributed by atoms with E-state index in [2.05, 4.69) is 5.32 Å². The molecule has 1 heterocycles. The summed E-state index contributed by atoms with van der Waals surface area (Å²) in [5.41, 5.74) is 5.85. The molecule has 0 aromatic heterocycles. The molecule has 138 valence electrons. The molecule has 1 aromatic rings. The van der Waals surface area contributed by atoms with E-state index in [1.54, 1.807) is 0 Å². The van der Waals surface area contributed by atoms with Gasteiger partial charge in [0, 0.05) is 31.2 Å². The van der Waals surface area contributed by atoms with Gasteiger partial charge in [0.1, 0.15) is 5.82 Å². The Balaban J connectivity index is 1.90.